The average Bonchev–Trinajstić information content (AvgIpc) is 3.36. The molecule has 1 saturated carbocycles. The molecule has 0 spiro atoms. The molecule has 4 rings (SSSR count). The molecule has 144 valence electrons. The molecule has 3 heterocycles. The summed E-state index contributed by atoms with van der Waals surface area (Å²) in [7, 11) is 0. The highest BCUT2D eigenvalue weighted by Crippen LogP contribution is 2.27. The van der Waals surface area contributed by atoms with Gasteiger partial charge in [0.25, 0.3) is 0 Å². The van der Waals surface area contributed by atoms with Gasteiger partial charge in [-0.2, -0.15) is 0 Å². The molecule has 2 aliphatic heterocycles. The van der Waals surface area contributed by atoms with Gasteiger partial charge in [-0.1, -0.05) is 0 Å². The fraction of sp³-hybridized carbons (Fsp3) is 0.789. The number of aromatic nitrogens is 1. The topological polar surface area (TPSA) is 57.7 Å². The molecule has 6 nitrogen and oxygen atoms in total. The van der Waals surface area contributed by atoms with E-state index in [1.54, 1.807) is 0 Å². The minimum absolute atomic E-state index is 0.252. The molecule has 3 aliphatic rings. The molecule has 26 heavy (non-hydrogen) atoms. The van der Waals surface area contributed by atoms with Crippen molar-refractivity contribution in [2.45, 2.75) is 51.1 Å². The number of hydrogen-bond donors (Lipinski definition) is 1. The summed E-state index contributed by atoms with van der Waals surface area (Å²) >= 11 is 1.82. The van der Waals surface area contributed by atoms with E-state index in [-0.39, 0.29) is 5.91 Å². The lowest BCUT2D eigenvalue weighted by atomic mass is 9.93. The second-order valence-electron chi connectivity index (χ2n) is 7.83. The van der Waals surface area contributed by atoms with Gasteiger partial charge in [-0.15, -0.1) is 11.3 Å². The van der Waals surface area contributed by atoms with E-state index >= 15 is 0 Å². The van der Waals surface area contributed by atoms with Crippen molar-refractivity contribution in [3.8, 4) is 0 Å². The zero-order valence-electron chi connectivity index (χ0n) is 15.5. The number of carbonyl (C=O) groups excluding carboxylic acids is 1. The van der Waals surface area contributed by atoms with E-state index in [1.807, 2.05) is 17.5 Å². The molecular weight excluding hydrogens is 348 g/mol. The number of thiazole rings is 1. The maximum Gasteiger partial charge on any atom is 0.220 e. The highest BCUT2D eigenvalue weighted by molar-refractivity contribution is 7.15. The van der Waals surface area contributed by atoms with Crippen molar-refractivity contribution in [1.29, 1.82) is 0 Å². The van der Waals surface area contributed by atoms with Crippen molar-refractivity contribution < 1.29 is 9.53 Å². The standard InChI is InChI=1S/C19H30N4O2S/c24-18(21-16-4-5-16)6-3-15-2-1-7-22(13-15)14-17-12-20-19(26-17)23-8-10-25-11-9-23/h12,15-16H,1-11,13-14H2,(H,21,24)/t15-/m1/s1. The first-order valence-corrected chi connectivity index (χ1v) is 10.9. The van der Waals surface area contributed by atoms with Crippen LogP contribution in [-0.4, -0.2) is 61.2 Å². The van der Waals surface area contributed by atoms with Gasteiger partial charge in [-0.25, -0.2) is 4.98 Å². The van der Waals surface area contributed by atoms with Gasteiger partial charge in [0, 0.05) is 49.7 Å². The number of ether oxygens (including phenoxy) is 1. The van der Waals surface area contributed by atoms with Crippen LogP contribution in [0.2, 0.25) is 0 Å². The Morgan fingerprint density at radius 1 is 1.27 bits per heavy atom. The molecular formula is C19H30N4O2S. The second-order valence-corrected chi connectivity index (χ2v) is 8.93. The third-order valence-electron chi connectivity index (χ3n) is 5.53. The van der Waals surface area contributed by atoms with Crippen molar-refractivity contribution >= 4 is 22.4 Å². The molecule has 3 fully saturated rings. The quantitative estimate of drug-likeness (QED) is 0.789. The number of amides is 1. The number of anilines is 1. The Bertz CT molecular complexity index is 598. The predicted octanol–water partition coefficient (Wildman–Crippen LogP) is 2.25. The molecule has 1 amide bonds. The van der Waals surface area contributed by atoms with Crippen LogP contribution in [0.3, 0.4) is 0 Å². The molecule has 1 aliphatic carbocycles. The Hall–Kier alpha value is -1.18. The van der Waals surface area contributed by atoms with Crippen LogP contribution in [0.1, 0.15) is 43.4 Å². The molecule has 2 saturated heterocycles. The normalized spacial score (nSPS) is 24.6. The summed E-state index contributed by atoms with van der Waals surface area (Å²) in [5.74, 6) is 0.905. The molecule has 1 atom stereocenters. The maximum absolute atomic E-state index is 11.9. The summed E-state index contributed by atoms with van der Waals surface area (Å²) < 4.78 is 5.42. The lowest BCUT2D eigenvalue weighted by Gasteiger charge is -2.32. The highest BCUT2D eigenvalue weighted by atomic mass is 32.1. The van der Waals surface area contributed by atoms with Crippen LogP contribution < -0.4 is 10.2 Å². The van der Waals surface area contributed by atoms with Crippen LogP contribution in [0.15, 0.2) is 6.20 Å². The SMILES string of the molecule is O=C(CC[C@H]1CCCN(Cc2cnc(N3CCOCC3)s2)C1)NC1CC1. The van der Waals surface area contributed by atoms with E-state index in [2.05, 4.69) is 20.1 Å². The van der Waals surface area contributed by atoms with Gasteiger partial charge < -0.3 is 15.0 Å². The predicted molar refractivity (Wildman–Crippen MR) is 104 cm³/mol. The molecule has 0 bridgehead atoms. The zero-order chi connectivity index (χ0) is 17.8. The smallest absolute Gasteiger partial charge is 0.220 e. The first-order chi connectivity index (χ1) is 12.8. The third kappa shape index (κ3) is 5.18. The summed E-state index contributed by atoms with van der Waals surface area (Å²) in [5.41, 5.74) is 0. The Morgan fingerprint density at radius 3 is 2.92 bits per heavy atom. The van der Waals surface area contributed by atoms with E-state index in [4.69, 9.17) is 4.74 Å². The lowest BCUT2D eigenvalue weighted by molar-refractivity contribution is -0.121. The summed E-state index contributed by atoms with van der Waals surface area (Å²) in [6.07, 6.45) is 8.60. The van der Waals surface area contributed by atoms with E-state index in [9.17, 15) is 4.79 Å². The lowest BCUT2D eigenvalue weighted by Crippen LogP contribution is -2.36. The number of carbonyl (C=O) groups is 1. The highest BCUT2D eigenvalue weighted by Gasteiger charge is 2.25. The minimum Gasteiger partial charge on any atom is -0.378 e. The van der Waals surface area contributed by atoms with Gasteiger partial charge in [-0.05, 0) is 44.6 Å². The van der Waals surface area contributed by atoms with Crippen LogP contribution >= 0.6 is 11.3 Å². The van der Waals surface area contributed by atoms with Gasteiger partial charge in [0.2, 0.25) is 5.91 Å². The second kappa shape index (κ2) is 8.67. The summed E-state index contributed by atoms with van der Waals surface area (Å²) in [5, 5.41) is 4.24. The van der Waals surface area contributed by atoms with Gasteiger partial charge in [0.05, 0.1) is 13.2 Å². The zero-order valence-corrected chi connectivity index (χ0v) is 16.3. The molecule has 1 aromatic rings. The van der Waals surface area contributed by atoms with Crippen molar-refractivity contribution in [2.24, 2.45) is 5.92 Å². The first-order valence-electron chi connectivity index (χ1n) is 10.1. The Balaban J connectivity index is 1.22. The summed E-state index contributed by atoms with van der Waals surface area (Å²) in [6, 6.07) is 0.484. The van der Waals surface area contributed by atoms with Gasteiger partial charge >= 0.3 is 0 Å². The third-order valence-corrected chi connectivity index (χ3v) is 6.57. The van der Waals surface area contributed by atoms with Crippen LogP contribution in [-0.2, 0) is 16.1 Å². The van der Waals surface area contributed by atoms with Crippen LogP contribution in [0.25, 0.3) is 0 Å². The maximum atomic E-state index is 11.9. The summed E-state index contributed by atoms with van der Waals surface area (Å²) in [6.45, 7) is 6.77. The minimum atomic E-state index is 0.252. The van der Waals surface area contributed by atoms with Crippen LogP contribution in [0, 0.1) is 5.92 Å². The number of piperidine rings is 1. The number of likely N-dealkylation sites (tertiary alicyclic amines) is 1. The number of morpholine rings is 1. The number of nitrogens with zero attached hydrogens (tertiary/aromatic N) is 3. The molecule has 0 unspecified atom stereocenters. The van der Waals surface area contributed by atoms with Crippen molar-refractivity contribution in [3.63, 3.8) is 0 Å². The van der Waals surface area contributed by atoms with Crippen LogP contribution in [0.5, 0.6) is 0 Å². The molecule has 1 N–H and O–H groups in total. The Labute approximate surface area is 159 Å². The van der Waals surface area contributed by atoms with E-state index in [0.717, 1.165) is 57.5 Å². The molecule has 0 aromatic carbocycles. The fourth-order valence-corrected chi connectivity index (χ4v) is 4.89. The van der Waals surface area contributed by atoms with Crippen molar-refractivity contribution in [3.05, 3.63) is 11.1 Å². The average molecular weight is 379 g/mol. The van der Waals surface area contributed by atoms with Crippen molar-refractivity contribution in [1.82, 2.24) is 15.2 Å². The van der Waals surface area contributed by atoms with E-state index < -0.39 is 0 Å². The van der Waals surface area contributed by atoms with Gasteiger partial charge in [0.1, 0.15) is 0 Å². The van der Waals surface area contributed by atoms with Gasteiger partial charge in [-0.3, -0.25) is 9.69 Å². The number of hydrogen-bond acceptors (Lipinski definition) is 6. The van der Waals surface area contributed by atoms with E-state index in [1.165, 1.54) is 30.6 Å². The monoisotopic (exact) mass is 378 g/mol. The largest absolute Gasteiger partial charge is 0.378 e. The van der Waals surface area contributed by atoms with Crippen molar-refractivity contribution in [2.75, 3.05) is 44.3 Å². The van der Waals surface area contributed by atoms with E-state index in [0.29, 0.717) is 18.4 Å². The van der Waals surface area contributed by atoms with Crippen LogP contribution in [0.4, 0.5) is 5.13 Å². The number of nitrogens with one attached hydrogen (secondary N) is 1. The molecule has 7 heteroatoms. The van der Waals surface area contributed by atoms with Gasteiger partial charge in [0.15, 0.2) is 5.13 Å². The molecule has 1 aromatic heterocycles. The summed E-state index contributed by atoms with van der Waals surface area (Å²) in [4.78, 5) is 22.8. The molecule has 0 radical (unpaired) electrons. The number of rotatable bonds is 7. The fourth-order valence-electron chi connectivity index (χ4n) is 3.88. The Morgan fingerprint density at radius 2 is 2.12 bits per heavy atom. The first kappa shape index (κ1) is 18.2. The Kier molecular flexibility index (Phi) is 6.07.